The number of rotatable bonds is 7. The highest BCUT2D eigenvalue weighted by molar-refractivity contribution is 5.74. The van der Waals surface area contributed by atoms with E-state index in [2.05, 4.69) is 15.4 Å². The second-order valence-corrected chi connectivity index (χ2v) is 5.78. The number of nitrogens with zero attached hydrogens (tertiary/aromatic N) is 4. The number of aromatic nitrogens is 3. The van der Waals surface area contributed by atoms with E-state index in [1.807, 2.05) is 31.2 Å². The summed E-state index contributed by atoms with van der Waals surface area (Å²) in [6, 6.07) is 7.48. The summed E-state index contributed by atoms with van der Waals surface area (Å²) >= 11 is 0. The van der Waals surface area contributed by atoms with Crippen LogP contribution in [-0.2, 0) is 6.54 Å². The third-order valence-electron chi connectivity index (χ3n) is 3.97. The Balaban J connectivity index is 1.43. The van der Waals surface area contributed by atoms with Gasteiger partial charge in [-0.25, -0.2) is 9.78 Å². The number of nitrogens with one attached hydrogen (secondary N) is 1. The van der Waals surface area contributed by atoms with Gasteiger partial charge < -0.3 is 19.7 Å². The van der Waals surface area contributed by atoms with E-state index in [0.29, 0.717) is 26.2 Å². The van der Waals surface area contributed by atoms with Crippen LogP contribution in [0.4, 0.5) is 4.79 Å². The van der Waals surface area contributed by atoms with E-state index in [0.717, 1.165) is 24.5 Å². The van der Waals surface area contributed by atoms with Crippen molar-refractivity contribution < 1.29 is 14.3 Å². The van der Waals surface area contributed by atoms with Crippen LogP contribution < -0.4 is 14.8 Å². The lowest BCUT2D eigenvalue weighted by Crippen LogP contribution is -2.47. The molecule has 0 fully saturated rings. The zero-order valence-corrected chi connectivity index (χ0v) is 14.3. The summed E-state index contributed by atoms with van der Waals surface area (Å²) in [5.74, 6) is 1.47. The molecule has 0 saturated heterocycles. The van der Waals surface area contributed by atoms with Crippen LogP contribution >= 0.6 is 0 Å². The van der Waals surface area contributed by atoms with Crippen LogP contribution in [0.25, 0.3) is 0 Å². The lowest BCUT2D eigenvalue weighted by molar-refractivity contribution is 0.0675. The van der Waals surface area contributed by atoms with Crippen LogP contribution in [0.5, 0.6) is 11.5 Å². The number of hydrogen-bond acceptors (Lipinski definition) is 5. The number of amides is 2. The summed E-state index contributed by atoms with van der Waals surface area (Å²) in [6.45, 7) is 4.79. The minimum absolute atomic E-state index is 0.0939. The van der Waals surface area contributed by atoms with Crippen molar-refractivity contribution in [2.24, 2.45) is 0 Å². The Labute approximate surface area is 146 Å². The molecular formula is C17H23N5O3. The van der Waals surface area contributed by atoms with Gasteiger partial charge in [0.15, 0.2) is 17.6 Å². The van der Waals surface area contributed by atoms with Gasteiger partial charge in [0.05, 0.1) is 6.54 Å². The maximum Gasteiger partial charge on any atom is 0.317 e. The fourth-order valence-corrected chi connectivity index (χ4v) is 2.65. The number of benzene rings is 1. The molecule has 8 heteroatoms. The topological polar surface area (TPSA) is 81.5 Å². The molecule has 3 rings (SSSR count). The summed E-state index contributed by atoms with van der Waals surface area (Å²) in [5, 5.41) is 6.97. The Kier molecular flexibility index (Phi) is 5.71. The number of carbonyl (C=O) groups is 1. The molecule has 0 saturated carbocycles. The van der Waals surface area contributed by atoms with Crippen molar-refractivity contribution in [2.75, 3.05) is 26.2 Å². The van der Waals surface area contributed by atoms with E-state index in [1.54, 1.807) is 15.9 Å². The average molecular weight is 345 g/mol. The molecule has 0 bridgehead atoms. The van der Waals surface area contributed by atoms with Gasteiger partial charge in [0.25, 0.3) is 0 Å². The van der Waals surface area contributed by atoms with Gasteiger partial charge in [-0.05, 0) is 25.5 Å². The van der Waals surface area contributed by atoms with Crippen LogP contribution in [0.3, 0.4) is 0 Å². The van der Waals surface area contributed by atoms with Gasteiger partial charge in [0.2, 0.25) is 0 Å². The molecule has 1 aromatic heterocycles. The van der Waals surface area contributed by atoms with Crippen LogP contribution in [0, 0.1) is 0 Å². The van der Waals surface area contributed by atoms with E-state index in [-0.39, 0.29) is 12.1 Å². The van der Waals surface area contributed by atoms with Gasteiger partial charge in [-0.1, -0.05) is 12.1 Å². The highest BCUT2D eigenvalue weighted by Gasteiger charge is 2.24. The standard InChI is InChI=1S/C17H23N5O3/c1-2-21(17(23)19-8-5-9-22-13-18-12-20-22)10-14-11-24-15-6-3-4-7-16(15)25-14/h3-4,6-7,12-14H,2,5,8-11H2,1H3,(H,19,23)/t14-/m0/s1. The molecule has 25 heavy (non-hydrogen) atoms. The molecule has 1 aliphatic rings. The van der Waals surface area contributed by atoms with Crippen LogP contribution in [-0.4, -0.2) is 58.0 Å². The lowest BCUT2D eigenvalue weighted by Gasteiger charge is -2.31. The molecule has 2 heterocycles. The van der Waals surface area contributed by atoms with Crippen molar-refractivity contribution in [3.8, 4) is 11.5 Å². The summed E-state index contributed by atoms with van der Waals surface area (Å²) in [6.07, 6.45) is 3.79. The smallest absolute Gasteiger partial charge is 0.317 e. The van der Waals surface area contributed by atoms with Gasteiger partial charge in [0.1, 0.15) is 19.3 Å². The Hall–Kier alpha value is -2.77. The number of urea groups is 1. The van der Waals surface area contributed by atoms with Crippen molar-refractivity contribution in [1.82, 2.24) is 25.0 Å². The number of hydrogen-bond donors (Lipinski definition) is 1. The molecule has 0 spiro atoms. The SMILES string of the molecule is CCN(C[C@H]1COc2ccccc2O1)C(=O)NCCCn1cncn1. The third kappa shape index (κ3) is 4.62. The minimum Gasteiger partial charge on any atom is -0.486 e. The lowest BCUT2D eigenvalue weighted by atomic mass is 10.2. The molecular weight excluding hydrogens is 322 g/mol. The summed E-state index contributed by atoms with van der Waals surface area (Å²) < 4.78 is 13.4. The van der Waals surface area contributed by atoms with Crippen molar-refractivity contribution in [3.63, 3.8) is 0 Å². The molecule has 8 nitrogen and oxygen atoms in total. The summed E-state index contributed by atoms with van der Waals surface area (Å²) in [4.78, 5) is 18.0. The molecule has 1 N–H and O–H groups in total. The third-order valence-corrected chi connectivity index (χ3v) is 3.97. The van der Waals surface area contributed by atoms with Gasteiger partial charge >= 0.3 is 6.03 Å². The molecule has 2 aromatic rings. The van der Waals surface area contributed by atoms with E-state index in [1.165, 1.54) is 6.33 Å². The number of carbonyl (C=O) groups excluding carboxylic acids is 1. The number of ether oxygens (including phenoxy) is 2. The molecule has 134 valence electrons. The fraction of sp³-hybridized carbons (Fsp3) is 0.471. The molecule has 1 aliphatic heterocycles. The Morgan fingerprint density at radius 1 is 1.40 bits per heavy atom. The van der Waals surface area contributed by atoms with E-state index >= 15 is 0 Å². The largest absolute Gasteiger partial charge is 0.486 e. The maximum atomic E-state index is 12.3. The summed E-state index contributed by atoms with van der Waals surface area (Å²) in [7, 11) is 0. The Morgan fingerprint density at radius 3 is 3.00 bits per heavy atom. The summed E-state index contributed by atoms with van der Waals surface area (Å²) in [5.41, 5.74) is 0. The van der Waals surface area contributed by atoms with Gasteiger partial charge in [-0.3, -0.25) is 4.68 Å². The van der Waals surface area contributed by atoms with Gasteiger partial charge in [-0.15, -0.1) is 0 Å². The second kappa shape index (κ2) is 8.36. The van der Waals surface area contributed by atoms with E-state index < -0.39 is 0 Å². The first kappa shape index (κ1) is 17.1. The van der Waals surface area contributed by atoms with Crippen LogP contribution in [0.15, 0.2) is 36.9 Å². The zero-order chi connectivity index (χ0) is 17.5. The van der Waals surface area contributed by atoms with E-state index in [4.69, 9.17) is 9.47 Å². The van der Waals surface area contributed by atoms with Crippen molar-refractivity contribution in [1.29, 1.82) is 0 Å². The normalized spacial score (nSPS) is 15.6. The van der Waals surface area contributed by atoms with Crippen molar-refractivity contribution >= 4 is 6.03 Å². The first-order valence-electron chi connectivity index (χ1n) is 8.50. The number of aryl methyl sites for hydroxylation is 1. The second-order valence-electron chi connectivity index (χ2n) is 5.78. The predicted octanol–water partition coefficient (Wildman–Crippen LogP) is 1.54. The predicted molar refractivity (Wildman–Crippen MR) is 91.6 cm³/mol. The first-order valence-corrected chi connectivity index (χ1v) is 8.50. The van der Waals surface area contributed by atoms with Crippen LogP contribution in [0.2, 0.25) is 0 Å². The molecule has 0 radical (unpaired) electrons. The maximum absolute atomic E-state index is 12.3. The van der Waals surface area contributed by atoms with E-state index in [9.17, 15) is 4.79 Å². The quantitative estimate of drug-likeness (QED) is 0.770. The van der Waals surface area contributed by atoms with Crippen molar-refractivity contribution in [3.05, 3.63) is 36.9 Å². The monoisotopic (exact) mass is 345 g/mol. The molecule has 0 unspecified atom stereocenters. The number of fused-ring (bicyclic) bond motifs is 1. The fourth-order valence-electron chi connectivity index (χ4n) is 2.65. The number of para-hydroxylation sites is 2. The number of likely N-dealkylation sites (N-methyl/N-ethyl adjacent to an activating group) is 1. The molecule has 0 aliphatic carbocycles. The molecule has 2 amide bonds. The highest BCUT2D eigenvalue weighted by atomic mass is 16.6. The Bertz CT molecular complexity index is 677. The minimum atomic E-state index is -0.171. The van der Waals surface area contributed by atoms with Crippen molar-refractivity contribution in [2.45, 2.75) is 26.0 Å². The van der Waals surface area contributed by atoms with Gasteiger partial charge in [0, 0.05) is 19.6 Å². The Morgan fingerprint density at radius 2 is 2.24 bits per heavy atom. The molecule has 1 atom stereocenters. The van der Waals surface area contributed by atoms with Gasteiger partial charge in [-0.2, -0.15) is 5.10 Å². The zero-order valence-electron chi connectivity index (χ0n) is 14.3. The molecule has 1 aromatic carbocycles. The highest BCUT2D eigenvalue weighted by Crippen LogP contribution is 2.30. The first-order chi connectivity index (χ1) is 12.3. The van der Waals surface area contributed by atoms with Crippen LogP contribution in [0.1, 0.15) is 13.3 Å². The average Bonchev–Trinajstić information content (AvgIpc) is 3.16.